The number of phosphoric ester groups is 2. The standard InChI is InChI=1S/C79H154O17P2/c1-6-10-13-16-19-22-24-25-26-32-35-39-43-48-53-58-63-77(82)90-69-75(96-79(84)65-60-55-50-45-40-36-33-30-28-27-29-31-34-38-42-46-51-56-61-72(5)9-4)71-94-98(87,88)92-67-73(80)66-91-97(85,86)93-70-74(68-89-76(81)62-57-52-47-41-21-18-15-12-8-3)95-78(83)64-59-54-49-44-37-23-20-17-14-11-7-2/h72-75,80H,6-71H2,1-5H3,(H,85,86)(H,87,88)/t72?,73-,74+,75+/m0/s1. The fraction of sp³-hybridized carbons (Fsp3) is 0.949. The van der Waals surface area contributed by atoms with Crippen LogP contribution in [0.2, 0.25) is 0 Å². The Bertz CT molecular complexity index is 1880. The van der Waals surface area contributed by atoms with E-state index in [4.69, 9.17) is 37.0 Å². The fourth-order valence-corrected chi connectivity index (χ4v) is 13.8. The van der Waals surface area contributed by atoms with E-state index in [9.17, 15) is 43.2 Å². The van der Waals surface area contributed by atoms with E-state index < -0.39 is 97.5 Å². The maximum Gasteiger partial charge on any atom is 0.472 e. The quantitative estimate of drug-likeness (QED) is 0.0222. The first-order valence-corrected chi connectivity index (χ1v) is 44.2. The molecule has 0 spiro atoms. The van der Waals surface area contributed by atoms with E-state index in [1.54, 1.807) is 0 Å². The molecular weight excluding hydrogens is 1280 g/mol. The summed E-state index contributed by atoms with van der Waals surface area (Å²) in [4.78, 5) is 72.8. The van der Waals surface area contributed by atoms with E-state index >= 15 is 0 Å². The van der Waals surface area contributed by atoms with Gasteiger partial charge in [0.2, 0.25) is 0 Å². The molecule has 3 N–H and O–H groups in total. The number of hydrogen-bond donors (Lipinski definition) is 3. The van der Waals surface area contributed by atoms with Crippen molar-refractivity contribution in [2.24, 2.45) is 5.92 Å². The minimum absolute atomic E-state index is 0.107. The average Bonchev–Trinajstić information content (AvgIpc) is 1.02. The Morgan fingerprint density at radius 3 is 0.724 bits per heavy atom. The molecule has 0 saturated heterocycles. The summed E-state index contributed by atoms with van der Waals surface area (Å²) in [5.41, 5.74) is 0. The topological polar surface area (TPSA) is 237 Å². The molecule has 3 unspecified atom stereocenters. The first-order valence-electron chi connectivity index (χ1n) is 41.2. The number of aliphatic hydroxyl groups excluding tert-OH is 1. The number of hydrogen-bond acceptors (Lipinski definition) is 15. The van der Waals surface area contributed by atoms with E-state index in [2.05, 4.69) is 34.6 Å². The van der Waals surface area contributed by atoms with Crippen LogP contribution in [0.4, 0.5) is 0 Å². The maximum absolute atomic E-state index is 13.1. The van der Waals surface area contributed by atoms with Gasteiger partial charge in [0.05, 0.1) is 26.4 Å². The van der Waals surface area contributed by atoms with Crippen molar-refractivity contribution in [3.8, 4) is 0 Å². The molecule has 0 amide bonds. The van der Waals surface area contributed by atoms with Gasteiger partial charge in [-0.2, -0.15) is 0 Å². The van der Waals surface area contributed by atoms with Crippen LogP contribution in [-0.2, 0) is 65.4 Å². The molecule has 19 heteroatoms. The predicted molar refractivity (Wildman–Crippen MR) is 400 cm³/mol. The molecule has 0 bridgehead atoms. The van der Waals surface area contributed by atoms with Gasteiger partial charge in [0.15, 0.2) is 12.2 Å². The van der Waals surface area contributed by atoms with Crippen LogP contribution in [0.25, 0.3) is 0 Å². The molecule has 582 valence electrons. The average molecular weight is 1440 g/mol. The molecule has 0 aromatic heterocycles. The number of unbranched alkanes of at least 4 members (excludes halogenated alkanes) is 50. The molecule has 0 aliphatic rings. The maximum atomic E-state index is 13.1. The normalized spacial score (nSPS) is 14.2. The third-order valence-corrected chi connectivity index (χ3v) is 20.8. The van der Waals surface area contributed by atoms with Gasteiger partial charge < -0.3 is 33.8 Å². The molecule has 17 nitrogen and oxygen atoms in total. The summed E-state index contributed by atoms with van der Waals surface area (Å²) >= 11 is 0. The third kappa shape index (κ3) is 71.1. The third-order valence-electron chi connectivity index (χ3n) is 18.9. The van der Waals surface area contributed by atoms with E-state index in [-0.39, 0.29) is 25.7 Å². The summed E-state index contributed by atoms with van der Waals surface area (Å²) in [5, 5.41) is 10.6. The van der Waals surface area contributed by atoms with E-state index in [1.807, 2.05) is 0 Å². The number of rotatable bonds is 79. The Labute approximate surface area is 600 Å². The second-order valence-electron chi connectivity index (χ2n) is 28.7. The predicted octanol–water partition coefficient (Wildman–Crippen LogP) is 23.6. The van der Waals surface area contributed by atoms with Crippen molar-refractivity contribution in [3.05, 3.63) is 0 Å². The minimum atomic E-state index is -4.96. The van der Waals surface area contributed by atoms with Gasteiger partial charge in [0, 0.05) is 25.7 Å². The van der Waals surface area contributed by atoms with Crippen LogP contribution in [-0.4, -0.2) is 96.7 Å². The number of carbonyl (C=O) groups excluding carboxylic acids is 4. The first-order chi connectivity index (χ1) is 47.6. The zero-order chi connectivity index (χ0) is 71.9. The van der Waals surface area contributed by atoms with Crippen molar-refractivity contribution in [3.63, 3.8) is 0 Å². The molecular formula is C79H154O17P2. The van der Waals surface area contributed by atoms with Crippen LogP contribution in [0.5, 0.6) is 0 Å². The second kappa shape index (κ2) is 72.0. The van der Waals surface area contributed by atoms with Gasteiger partial charge in [-0.3, -0.25) is 37.3 Å². The van der Waals surface area contributed by atoms with E-state index in [0.29, 0.717) is 25.7 Å². The van der Waals surface area contributed by atoms with Crippen molar-refractivity contribution >= 4 is 39.5 Å². The molecule has 0 rings (SSSR count). The first kappa shape index (κ1) is 96.1. The van der Waals surface area contributed by atoms with Crippen molar-refractivity contribution in [2.45, 2.75) is 438 Å². The summed E-state index contributed by atoms with van der Waals surface area (Å²) in [6, 6.07) is 0. The Morgan fingerprint density at radius 1 is 0.286 bits per heavy atom. The molecule has 0 aliphatic carbocycles. The Balaban J connectivity index is 5.18. The largest absolute Gasteiger partial charge is 0.472 e. The van der Waals surface area contributed by atoms with E-state index in [1.165, 1.54) is 244 Å². The van der Waals surface area contributed by atoms with Crippen LogP contribution in [0, 0.1) is 5.92 Å². The lowest BCUT2D eigenvalue weighted by Gasteiger charge is -2.21. The zero-order valence-electron chi connectivity index (χ0n) is 63.9. The summed E-state index contributed by atoms with van der Waals surface area (Å²) in [7, 11) is -9.91. The summed E-state index contributed by atoms with van der Waals surface area (Å²) < 4.78 is 68.6. The Hall–Kier alpha value is -1.94. The molecule has 6 atom stereocenters. The minimum Gasteiger partial charge on any atom is -0.462 e. The Kier molecular flexibility index (Phi) is 70.6. The lowest BCUT2D eigenvalue weighted by atomic mass is 9.99. The zero-order valence-corrected chi connectivity index (χ0v) is 65.7. The number of aliphatic hydroxyl groups is 1. The highest BCUT2D eigenvalue weighted by atomic mass is 31.2. The van der Waals surface area contributed by atoms with E-state index in [0.717, 1.165) is 95.8 Å². The molecule has 0 aromatic rings. The summed E-state index contributed by atoms with van der Waals surface area (Å²) in [5.74, 6) is -1.24. The van der Waals surface area contributed by atoms with Crippen LogP contribution in [0.1, 0.15) is 420 Å². The van der Waals surface area contributed by atoms with Gasteiger partial charge in [-0.25, -0.2) is 9.13 Å². The number of phosphoric acid groups is 2. The van der Waals surface area contributed by atoms with Gasteiger partial charge in [-0.15, -0.1) is 0 Å². The van der Waals surface area contributed by atoms with Crippen molar-refractivity contribution in [1.82, 2.24) is 0 Å². The Morgan fingerprint density at radius 2 is 0.490 bits per heavy atom. The van der Waals surface area contributed by atoms with Crippen LogP contribution >= 0.6 is 15.6 Å². The van der Waals surface area contributed by atoms with Crippen LogP contribution in [0.3, 0.4) is 0 Å². The van der Waals surface area contributed by atoms with Crippen molar-refractivity contribution in [1.29, 1.82) is 0 Å². The van der Waals surface area contributed by atoms with Gasteiger partial charge in [-0.05, 0) is 31.6 Å². The molecule has 0 radical (unpaired) electrons. The smallest absolute Gasteiger partial charge is 0.462 e. The van der Waals surface area contributed by atoms with Crippen LogP contribution < -0.4 is 0 Å². The molecule has 0 aliphatic heterocycles. The summed E-state index contributed by atoms with van der Waals surface area (Å²) in [6.07, 6.45) is 62.4. The number of ether oxygens (including phenoxy) is 4. The molecule has 0 saturated carbocycles. The van der Waals surface area contributed by atoms with Gasteiger partial charge in [0.25, 0.3) is 0 Å². The monoisotopic (exact) mass is 1440 g/mol. The van der Waals surface area contributed by atoms with Crippen LogP contribution in [0.15, 0.2) is 0 Å². The molecule has 0 heterocycles. The van der Waals surface area contributed by atoms with Gasteiger partial charge in [0.1, 0.15) is 19.3 Å². The highest BCUT2D eigenvalue weighted by Crippen LogP contribution is 2.45. The molecule has 98 heavy (non-hydrogen) atoms. The molecule has 0 aromatic carbocycles. The second-order valence-corrected chi connectivity index (χ2v) is 31.6. The van der Waals surface area contributed by atoms with Gasteiger partial charge >= 0.3 is 39.5 Å². The molecule has 0 fully saturated rings. The highest BCUT2D eigenvalue weighted by Gasteiger charge is 2.30. The summed E-state index contributed by atoms with van der Waals surface area (Å²) in [6.45, 7) is 7.36. The fourth-order valence-electron chi connectivity index (χ4n) is 12.2. The SMILES string of the molecule is CCCCCCCCCCCCCCCCCCC(=O)OC[C@H](COP(=O)(O)OC[C@@H](O)COP(=O)(O)OC[C@@H](COC(=O)CCCCCCCCCCC)OC(=O)CCCCCCCCCCCCC)OC(=O)CCCCCCCCCCCCCCCCCCCCC(C)CC. The number of carbonyl (C=O) groups is 4. The number of esters is 4. The van der Waals surface area contributed by atoms with Crippen molar-refractivity contribution in [2.75, 3.05) is 39.6 Å². The lowest BCUT2D eigenvalue weighted by molar-refractivity contribution is -0.161. The van der Waals surface area contributed by atoms with Gasteiger partial charge in [-0.1, -0.05) is 369 Å². The van der Waals surface area contributed by atoms with Crippen molar-refractivity contribution < 1.29 is 80.2 Å². The highest BCUT2D eigenvalue weighted by molar-refractivity contribution is 7.47. The lowest BCUT2D eigenvalue weighted by Crippen LogP contribution is -2.30.